The van der Waals surface area contributed by atoms with Gasteiger partial charge < -0.3 is 15.5 Å². The minimum Gasteiger partial charge on any atom is -0.327 e. The summed E-state index contributed by atoms with van der Waals surface area (Å²) in [6.07, 6.45) is 5.13. The predicted molar refractivity (Wildman–Crippen MR) is 88.9 cm³/mol. The maximum absolute atomic E-state index is 6.40. The molecule has 0 bridgehead atoms. The molecule has 0 amide bonds. The fourth-order valence-corrected chi connectivity index (χ4v) is 3.42. The average Bonchev–Trinajstić information content (AvgIpc) is 2.38. The molecule has 0 spiro atoms. The highest BCUT2D eigenvalue weighted by Crippen LogP contribution is 2.33. The van der Waals surface area contributed by atoms with Gasteiger partial charge in [-0.2, -0.15) is 0 Å². The fourth-order valence-electron chi connectivity index (χ4n) is 3.42. The highest BCUT2D eigenvalue weighted by atomic mass is 15.2. The van der Waals surface area contributed by atoms with Crippen LogP contribution in [0, 0.1) is 17.8 Å². The Labute approximate surface area is 126 Å². The molecule has 1 rings (SSSR count). The highest BCUT2D eigenvalue weighted by molar-refractivity contribution is 4.85. The molecular formula is C17H37N3. The van der Waals surface area contributed by atoms with Gasteiger partial charge in [-0.3, -0.25) is 0 Å². The fraction of sp³-hybridized carbons (Fsp3) is 1.00. The molecule has 3 unspecified atom stereocenters. The van der Waals surface area contributed by atoms with E-state index >= 15 is 0 Å². The van der Waals surface area contributed by atoms with Crippen molar-refractivity contribution in [3.05, 3.63) is 0 Å². The second kappa shape index (κ2) is 9.01. The van der Waals surface area contributed by atoms with Gasteiger partial charge in [-0.05, 0) is 64.1 Å². The first kappa shape index (κ1) is 17.9. The zero-order valence-corrected chi connectivity index (χ0v) is 14.4. The van der Waals surface area contributed by atoms with E-state index in [1.54, 1.807) is 0 Å². The molecule has 2 N–H and O–H groups in total. The Morgan fingerprint density at radius 2 is 1.80 bits per heavy atom. The van der Waals surface area contributed by atoms with E-state index in [0.717, 1.165) is 18.4 Å². The number of likely N-dealkylation sites (N-methyl/N-ethyl adjacent to an activating group) is 1. The van der Waals surface area contributed by atoms with Gasteiger partial charge in [0.15, 0.2) is 0 Å². The molecule has 1 saturated carbocycles. The number of nitrogens with two attached hydrogens (primary N) is 1. The SMILES string of the molecule is CCCN(CCN(C)C)CC1CC(C(C)C)CCC1N. The van der Waals surface area contributed by atoms with Gasteiger partial charge in [0, 0.05) is 25.7 Å². The average molecular weight is 284 g/mol. The van der Waals surface area contributed by atoms with Gasteiger partial charge in [0.2, 0.25) is 0 Å². The van der Waals surface area contributed by atoms with Crippen LogP contribution in [0.15, 0.2) is 0 Å². The van der Waals surface area contributed by atoms with Crippen LogP contribution in [0.2, 0.25) is 0 Å². The summed E-state index contributed by atoms with van der Waals surface area (Å²) < 4.78 is 0. The molecule has 3 heteroatoms. The van der Waals surface area contributed by atoms with Crippen molar-refractivity contribution in [3.63, 3.8) is 0 Å². The Morgan fingerprint density at radius 1 is 1.10 bits per heavy atom. The molecule has 0 saturated heterocycles. The predicted octanol–water partition coefficient (Wildman–Crippen LogP) is 2.66. The van der Waals surface area contributed by atoms with Crippen LogP contribution in [0.3, 0.4) is 0 Å². The molecule has 20 heavy (non-hydrogen) atoms. The van der Waals surface area contributed by atoms with Gasteiger partial charge in [0.05, 0.1) is 0 Å². The Hall–Kier alpha value is -0.120. The molecule has 120 valence electrons. The second-order valence-electron chi connectivity index (χ2n) is 7.34. The molecule has 1 aliphatic carbocycles. The molecule has 0 heterocycles. The standard InChI is InChI=1S/C17H37N3/c1-6-9-20(11-10-19(4)5)13-16-12-15(14(2)3)7-8-17(16)18/h14-17H,6-13,18H2,1-5H3. The van der Waals surface area contributed by atoms with Gasteiger partial charge in [-0.1, -0.05) is 20.8 Å². The van der Waals surface area contributed by atoms with E-state index in [0.29, 0.717) is 12.0 Å². The Bertz CT molecular complexity index is 253. The van der Waals surface area contributed by atoms with Crippen molar-refractivity contribution in [1.82, 2.24) is 9.80 Å². The Morgan fingerprint density at radius 3 is 2.35 bits per heavy atom. The van der Waals surface area contributed by atoms with Gasteiger partial charge in [-0.25, -0.2) is 0 Å². The molecule has 1 aliphatic rings. The van der Waals surface area contributed by atoms with E-state index in [-0.39, 0.29) is 0 Å². The van der Waals surface area contributed by atoms with Crippen molar-refractivity contribution in [3.8, 4) is 0 Å². The molecule has 3 atom stereocenters. The third kappa shape index (κ3) is 6.11. The van der Waals surface area contributed by atoms with Crippen molar-refractivity contribution in [2.45, 2.75) is 52.5 Å². The molecule has 0 aromatic heterocycles. The lowest BCUT2D eigenvalue weighted by Crippen LogP contribution is -2.45. The maximum atomic E-state index is 6.40. The molecule has 0 aromatic carbocycles. The van der Waals surface area contributed by atoms with Crippen LogP contribution in [0.5, 0.6) is 0 Å². The van der Waals surface area contributed by atoms with Crippen molar-refractivity contribution in [1.29, 1.82) is 0 Å². The van der Waals surface area contributed by atoms with Gasteiger partial charge in [-0.15, -0.1) is 0 Å². The summed E-state index contributed by atoms with van der Waals surface area (Å²) in [7, 11) is 4.32. The van der Waals surface area contributed by atoms with Crippen LogP contribution >= 0.6 is 0 Å². The van der Waals surface area contributed by atoms with E-state index < -0.39 is 0 Å². The van der Waals surface area contributed by atoms with Crippen molar-refractivity contribution in [2.24, 2.45) is 23.5 Å². The van der Waals surface area contributed by atoms with Crippen molar-refractivity contribution < 1.29 is 0 Å². The largest absolute Gasteiger partial charge is 0.327 e. The normalized spacial score (nSPS) is 27.8. The summed E-state index contributed by atoms with van der Waals surface area (Å²) in [5, 5.41) is 0. The topological polar surface area (TPSA) is 32.5 Å². The zero-order valence-electron chi connectivity index (χ0n) is 14.4. The first-order valence-electron chi connectivity index (χ1n) is 8.56. The lowest BCUT2D eigenvalue weighted by molar-refractivity contribution is 0.131. The smallest absolute Gasteiger partial charge is 0.0109 e. The van der Waals surface area contributed by atoms with E-state index in [1.807, 2.05) is 0 Å². The molecular weight excluding hydrogens is 246 g/mol. The first-order valence-corrected chi connectivity index (χ1v) is 8.56. The Kier molecular flexibility index (Phi) is 8.08. The summed E-state index contributed by atoms with van der Waals surface area (Å²) in [6.45, 7) is 11.8. The summed E-state index contributed by atoms with van der Waals surface area (Å²) >= 11 is 0. The minimum absolute atomic E-state index is 0.420. The number of hydrogen-bond acceptors (Lipinski definition) is 3. The summed E-state index contributed by atoms with van der Waals surface area (Å²) in [6, 6.07) is 0.420. The lowest BCUT2D eigenvalue weighted by Gasteiger charge is -2.39. The van der Waals surface area contributed by atoms with E-state index in [4.69, 9.17) is 5.73 Å². The molecule has 0 radical (unpaired) electrons. The molecule has 0 aliphatic heterocycles. The van der Waals surface area contributed by atoms with Gasteiger partial charge in [0.25, 0.3) is 0 Å². The summed E-state index contributed by atoms with van der Waals surface area (Å²) in [4.78, 5) is 4.91. The third-order valence-corrected chi connectivity index (χ3v) is 4.92. The summed E-state index contributed by atoms with van der Waals surface area (Å²) in [5.41, 5.74) is 6.40. The first-order chi connectivity index (χ1) is 9.43. The molecule has 0 aromatic rings. The summed E-state index contributed by atoms with van der Waals surface area (Å²) in [5.74, 6) is 2.40. The molecule has 3 nitrogen and oxygen atoms in total. The molecule has 1 fully saturated rings. The quantitative estimate of drug-likeness (QED) is 0.743. The number of rotatable bonds is 8. The lowest BCUT2D eigenvalue weighted by atomic mass is 9.73. The maximum Gasteiger partial charge on any atom is 0.0109 e. The van der Waals surface area contributed by atoms with Gasteiger partial charge >= 0.3 is 0 Å². The minimum atomic E-state index is 0.420. The highest BCUT2D eigenvalue weighted by Gasteiger charge is 2.30. The van der Waals surface area contributed by atoms with E-state index in [2.05, 4.69) is 44.7 Å². The van der Waals surface area contributed by atoms with Crippen LogP contribution < -0.4 is 5.73 Å². The van der Waals surface area contributed by atoms with Crippen LogP contribution in [-0.4, -0.2) is 56.1 Å². The van der Waals surface area contributed by atoms with E-state index in [1.165, 1.54) is 45.3 Å². The second-order valence-corrected chi connectivity index (χ2v) is 7.34. The third-order valence-electron chi connectivity index (χ3n) is 4.92. The number of nitrogens with zero attached hydrogens (tertiary/aromatic N) is 2. The number of hydrogen-bond donors (Lipinski definition) is 1. The monoisotopic (exact) mass is 283 g/mol. The van der Waals surface area contributed by atoms with Crippen molar-refractivity contribution >= 4 is 0 Å². The van der Waals surface area contributed by atoms with Crippen LogP contribution in [0.1, 0.15) is 46.5 Å². The zero-order chi connectivity index (χ0) is 15.1. The van der Waals surface area contributed by atoms with Crippen LogP contribution in [0.4, 0.5) is 0 Å². The van der Waals surface area contributed by atoms with Gasteiger partial charge in [0.1, 0.15) is 0 Å². The Balaban J connectivity index is 2.51. The van der Waals surface area contributed by atoms with Crippen molar-refractivity contribution in [2.75, 3.05) is 40.3 Å². The van der Waals surface area contributed by atoms with E-state index in [9.17, 15) is 0 Å². The van der Waals surface area contributed by atoms with Crippen LogP contribution in [-0.2, 0) is 0 Å². The van der Waals surface area contributed by atoms with Crippen LogP contribution in [0.25, 0.3) is 0 Å².